The van der Waals surface area contributed by atoms with E-state index in [1.54, 1.807) is 6.92 Å². The van der Waals surface area contributed by atoms with Gasteiger partial charge in [0, 0.05) is 12.3 Å². The number of ketones is 1. The number of fused-ring (bicyclic) bond motifs is 5. The second-order valence-electron chi connectivity index (χ2n) is 29.8. The minimum atomic E-state index is -5.15. The molecule has 6 heterocycles. The zero-order valence-electron chi connectivity index (χ0n) is 56.4. The van der Waals surface area contributed by atoms with Crippen LogP contribution in [0.4, 0.5) is 0 Å². The third kappa shape index (κ3) is 15.6. The molecule has 9 fully saturated rings. The molecule has 0 aromatic rings. The third-order valence-corrected chi connectivity index (χ3v) is 23.7. The molecule has 0 aromatic carbocycles. The maximum atomic E-state index is 13.6. The average molecular weight is 1410 g/mol. The summed E-state index contributed by atoms with van der Waals surface area (Å²) in [5.74, 6) is -1.24. The minimum Gasteiger partial charge on any atom is -0.726 e. The van der Waals surface area contributed by atoms with E-state index in [0.29, 0.717) is 32.1 Å². The van der Waals surface area contributed by atoms with Crippen molar-refractivity contribution in [2.24, 2.45) is 46.3 Å². The summed E-state index contributed by atoms with van der Waals surface area (Å²) in [6.45, 7) is 18.1. The van der Waals surface area contributed by atoms with Crippen LogP contribution in [0.1, 0.15) is 128 Å². The molecule has 0 spiro atoms. The standard InChI is InChI=1S/C63H104O31S.Na/c1-22(2)23(3)34(64)20-63(11,78)37-13-12-31-30-19-35(33-18-29(94-95(79,80)81)14-16-61(33,9)32(30)15-17-62(31,37)10)88-57-49(76)52(42(69)27(7)85-57)91-59-53(92-56-48(75)45(72)39(66)25(5)84-56)43(70)36(21-82-59)89-60-54(46(73)40(67)26(6)87-60)93-58-50(77)51(41(68)28(8)86-58)90-55-47(74)44(71)38(65)24(4)83-55;/h15,22-31,33,35-60,65-78H,12-14,16-21H2,1-11H3,(H,79,80,81);/q;+1/p-1/t23?,24-,25-,26-,27-,28-,29+,30+,31+,33-,35+,36-,37+,38+,39-,40-,41+,42-,43+,44+,45+,46+,47-,48-,49-,50-,51+,52+,53-,54-,55?,56?,57?,58?,59?,60?,61-,62+,63-;/m1./s1. The van der Waals surface area contributed by atoms with Gasteiger partial charge in [0.05, 0.1) is 54.9 Å². The molecule has 0 aromatic heterocycles. The first kappa shape index (κ1) is 79.4. The van der Waals surface area contributed by atoms with Gasteiger partial charge in [-0.25, -0.2) is 8.42 Å². The molecule has 0 radical (unpaired) electrons. The van der Waals surface area contributed by atoms with E-state index in [-0.39, 0.29) is 84.2 Å². The number of carbonyl (C=O) groups excluding carboxylic acids is 1. The van der Waals surface area contributed by atoms with Gasteiger partial charge in [-0.1, -0.05) is 46.3 Å². The Kier molecular flexibility index (Phi) is 25.4. The molecule has 31 nitrogen and oxygen atoms in total. The summed E-state index contributed by atoms with van der Waals surface area (Å²) in [5.41, 5.74) is -1.38. The Morgan fingerprint density at radius 1 is 0.562 bits per heavy atom. The van der Waals surface area contributed by atoms with Crippen LogP contribution < -0.4 is 29.6 Å². The summed E-state index contributed by atoms with van der Waals surface area (Å²) in [4.78, 5) is 13.6. The maximum absolute atomic E-state index is 13.6. The van der Waals surface area contributed by atoms with Gasteiger partial charge >= 0.3 is 29.6 Å². The monoisotopic (exact) mass is 1410 g/mol. The third-order valence-electron chi connectivity index (χ3n) is 23.2. The molecule has 548 valence electrons. The zero-order valence-corrected chi connectivity index (χ0v) is 59.2. The largest absolute Gasteiger partial charge is 1.00 e. The minimum absolute atomic E-state index is 0. The molecule has 14 N–H and O–H groups in total. The smallest absolute Gasteiger partial charge is 0.726 e. The number of hydrogen-bond acceptors (Lipinski definition) is 31. The van der Waals surface area contributed by atoms with Crippen molar-refractivity contribution in [3.05, 3.63) is 11.6 Å². The van der Waals surface area contributed by atoms with Crippen LogP contribution in [0.15, 0.2) is 11.6 Å². The van der Waals surface area contributed by atoms with Crippen LogP contribution in [-0.2, 0) is 76.2 Å². The SMILES string of the molecule is CC(C)C(C)C(=O)C[C@@](C)(O)[C@H]1CC[C@H]2[C@@H]3C[C@H](OC4O[C@H](C)[C@@H](O)[C@H](OC5OC[C@@H](OC6O[C@H](C)[C@@H](O)[C@H](O)[C@H]6OC6O[C@H](C)[C@H](O)[C@H](OC7O[C@H](C)[C@H](O)[C@H](O)[C@H]7O)[C@H]6O)[C@H](O)[C@H]5OC5O[C@H](C)[C@@H](O)[C@H](O)[C@H]5O)[C@H]4O)[C@H]4C[C@@H](OS(=O)(=O)[O-])CC[C@]4(C)C3=CC[C@@]21C.[Na+]. The summed E-state index contributed by atoms with van der Waals surface area (Å²) in [6, 6.07) is 0. The van der Waals surface area contributed by atoms with Gasteiger partial charge in [-0.3, -0.25) is 8.98 Å². The summed E-state index contributed by atoms with van der Waals surface area (Å²) < 4.78 is 115. The molecular weight excluding hydrogens is 1310 g/mol. The zero-order chi connectivity index (χ0) is 69.8. The first-order valence-corrected chi connectivity index (χ1v) is 34.9. The Morgan fingerprint density at radius 3 is 1.53 bits per heavy atom. The molecule has 0 amide bonds. The number of allylic oxidation sites excluding steroid dienone is 2. The fourth-order valence-electron chi connectivity index (χ4n) is 17.1. The molecule has 7 unspecified atom stereocenters. The van der Waals surface area contributed by atoms with Crippen LogP contribution in [0.3, 0.4) is 0 Å². The molecule has 33 heteroatoms. The fraction of sp³-hybridized carbons (Fsp3) is 0.952. The van der Waals surface area contributed by atoms with Crippen molar-refractivity contribution in [3.8, 4) is 0 Å². The second kappa shape index (κ2) is 30.7. The number of hydrogen-bond donors (Lipinski definition) is 14. The Balaban J connectivity index is 0.0000108. The van der Waals surface area contributed by atoms with Crippen molar-refractivity contribution >= 4 is 16.2 Å². The van der Waals surface area contributed by atoms with E-state index in [0.717, 1.165) is 5.57 Å². The van der Waals surface area contributed by atoms with E-state index in [1.165, 1.54) is 34.6 Å². The van der Waals surface area contributed by atoms with E-state index >= 15 is 0 Å². The quantitative estimate of drug-likeness (QED) is 0.0248. The van der Waals surface area contributed by atoms with Gasteiger partial charge < -0.3 is 133 Å². The molecule has 6 aliphatic heterocycles. The normalized spacial score (nSPS) is 51.8. The molecule has 39 atom stereocenters. The maximum Gasteiger partial charge on any atom is 1.00 e. The van der Waals surface area contributed by atoms with Crippen molar-refractivity contribution in [2.75, 3.05) is 6.61 Å². The van der Waals surface area contributed by atoms with E-state index in [1.807, 2.05) is 20.8 Å². The van der Waals surface area contributed by atoms with Crippen LogP contribution in [0.5, 0.6) is 0 Å². The van der Waals surface area contributed by atoms with Crippen LogP contribution in [0, 0.1) is 46.3 Å². The fourth-order valence-corrected chi connectivity index (χ4v) is 17.6. The molecule has 3 saturated carbocycles. The predicted octanol–water partition coefficient (Wildman–Crippen LogP) is -5.89. The topological polar surface area (TPSA) is 477 Å². The Morgan fingerprint density at radius 2 is 1.01 bits per heavy atom. The first-order valence-electron chi connectivity index (χ1n) is 33.5. The molecule has 10 rings (SSSR count). The average Bonchev–Trinajstić information content (AvgIpc) is 1.35. The summed E-state index contributed by atoms with van der Waals surface area (Å²) in [5, 5.41) is 159. The van der Waals surface area contributed by atoms with Crippen molar-refractivity contribution < 1.29 is 180 Å². The number of aliphatic hydroxyl groups excluding tert-OH is 13. The molecule has 10 aliphatic rings. The molecule has 0 bridgehead atoms. The van der Waals surface area contributed by atoms with Crippen molar-refractivity contribution in [1.29, 1.82) is 0 Å². The number of carbonyl (C=O) groups is 1. The Labute approximate surface area is 581 Å². The van der Waals surface area contributed by atoms with E-state index in [4.69, 9.17) is 61.0 Å². The second-order valence-corrected chi connectivity index (χ2v) is 30.8. The molecular formula is C63H103NaO31S. The Bertz CT molecular complexity index is 2760. The van der Waals surface area contributed by atoms with Crippen LogP contribution in [0.25, 0.3) is 0 Å². The van der Waals surface area contributed by atoms with Crippen LogP contribution >= 0.6 is 0 Å². The van der Waals surface area contributed by atoms with E-state index < -0.39 is 230 Å². The van der Waals surface area contributed by atoms with Gasteiger partial charge in [0.25, 0.3) is 0 Å². The van der Waals surface area contributed by atoms with Crippen molar-refractivity contribution in [1.82, 2.24) is 0 Å². The van der Waals surface area contributed by atoms with Crippen molar-refractivity contribution in [2.45, 2.75) is 323 Å². The van der Waals surface area contributed by atoms with Gasteiger partial charge in [-0.2, -0.15) is 0 Å². The molecule has 4 aliphatic carbocycles. The molecule has 6 saturated heterocycles. The first-order chi connectivity index (χ1) is 44.3. The number of aliphatic hydroxyl groups is 14. The van der Waals surface area contributed by atoms with Crippen molar-refractivity contribution in [3.63, 3.8) is 0 Å². The van der Waals surface area contributed by atoms with Gasteiger partial charge in [-0.05, 0) is 127 Å². The summed E-state index contributed by atoms with van der Waals surface area (Å²) >= 11 is 0. The number of Topliss-reactive ketones (excluding diaryl/α,β-unsaturated/α-hetero) is 1. The summed E-state index contributed by atoms with van der Waals surface area (Å²) in [6.07, 6.45) is -45.7. The van der Waals surface area contributed by atoms with Crippen LogP contribution in [0.2, 0.25) is 0 Å². The van der Waals surface area contributed by atoms with E-state index in [9.17, 15) is 89.3 Å². The Hall–Kier alpha value is -0.760. The van der Waals surface area contributed by atoms with Gasteiger partial charge in [0.2, 0.25) is 10.4 Å². The number of ether oxygens (including phenoxy) is 12. The van der Waals surface area contributed by atoms with E-state index in [2.05, 4.69) is 19.9 Å². The molecule has 96 heavy (non-hydrogen) atoms. The van der Waals surface area contributed by atoms with Crippen LogP contribution in [-0.4, -0.2) is 293 Å². The van der Waals surface area contributed by atoms with Gasteiger partial charge in [-0.15, -0.1) is 0 Å². The van der Waals surface area contributed by atoms with Gasteiger partial charge in [0.15, 0.2) is 37.7 Å². The summed E-state index contributed by atoms with van der Waals surface area (Å²) in [7, 11) is -5.15. The van der Waals surface area contributed by atoms with Gasteiger partial charge in [0.1, 0.15) is 116 Å². The number of rotatable bonds is 19. The predicted molar refractivity (Wildman–Crippen MR) is 318 cm³/mol.